The lowest BCUT2D eigenvalue weighted by atomic mass is 10.2. The summed E-state index contributed by atoms with van der Waals surface area (Å²) in [5, 5.41) is 6.77. The van der Waals surface area contributed by atoms with Gasteiger partial charge >= 0.3 is 0 Å². The molecule has 7 nitrogen and oxygen atoms in total. The van der Waals surface area contributed by atoms with E-state index in [9.17, 15) is 4.79 Å². The summed E-state index contributed by atoms with van der Waals surface area (Å²) in [6.45, 7) is 8.34. The van der Waals surface area contributed by atoms with Gasteiger partial charge in [0.1, 0.15) is 5.76 Å². The molecular weight excluding hydrogens is 493 g/mol. The topological polar surface area (TPSA) is 73.1 Å². The number of hydrogen-bond donors (Lipinski definition) is 2. The van der Waals surface area contributed by atoms with E-state index < -0.39 is 0 Å². The van der Waals surface area contributed by atoms with E-state index in [1.807, 2.05) is 11.0 Å². The highest BCUT2D eigenvalue weighted by Gasteiger charge is 2.25. The molecule has 1 aromatic heterocycles. The maximum atomic E-state index is 12.1. The van der Waals surface area contributed by atoms with Crippen LogP contribution in [0.1, 0.15) is 63.7 Å². The predicted molar refractivity (Wildman–Crippen MR) is 131 cm³/mol. The van der Waals surface area contributed by atoms with Crippen molar-refractivity contribution in [1.29, 1.82) is 0 Å². The molecule has 2 fully saturated rings. The van der Waals surface area contributed by atoms with E-state index >= 15 is 0 Å². The summed E-state index contributed by atoms with van der Waals surface area (Å²) in [5.74, 6) is 2.14. The first-order chi connectivity index (χ1) is 14.3. The monoisotopic (exact) mass is 531 g/mol. The third-order valence-electron chi connectivity index (χ3n) is 5.79. The van der Waals surface area contributed by atoms with E-state index in [1.165, 1.54) is 19.3 Å². The van der Waals surface area contributed by atoms with Crippen molar-refractivity contribution in [2.24, 2.45) is 4.99 Å². The summed E-state index contributed by atoms with van der Waals surface area (Å²) in [6.07, 6.45) is 9.23. The molecule has 2 aliphatic rings. The average Bonchev–Trinajstić information content (AvgIpc) is 3.40. The van der Waals surface area contributed by atoms with Gasteiger partial charge in [0.2, 0.25) is 5.91 Å². The summed E-state index contributed by atoms with van der Waals surface area (Å²) in [5.41, 5.74) is 0. The number of carbonyl (C=O) groups excluding carboxylic acids is 1. The molecule has 30 heavy (non-hydrogen) atoms. The number of nitrogens with one attached hydrogen (secondary N) is 2. The predicted octanol–water partition coefficient (Wildman–Crippen LogP) is 3.38. The van der Waals surface area contributed by atoms with Gasteiger partial charge in [-0.25, -0.2) is 0 Å². The van der Waals surface area contributed by atoms with E-state index in [4.69, 9.17) is 9.41 Å². The largest absolute Gasteiger partial charge is 0.468 e. The third kappa shape index (κ3) is 7.76. The number of halogens is 1. The minimum Gasteiger partial charge on any atom is -0.468 e. The van der Waals surface area contributed by atoms with Gasteiger partial charge in [-0.15, -0.1) is 24.0 Å². The number of rotatable bonds is 9. The Bertz CT molecular complexity index is 631. The summed E-state index contributed by atoms with van der Waals surface area (Å²) in [4.78, 5) is 21.5. The minimum atomic E-state index is 0. The Labute approximate surface area is 198 Å². The second-order valence-corrected chi connectivity index (χ2v) is 7.97. The van der Waals surface area contributed by atoms with Crippen LogP contribution in [0, 0.1) is 0 Å². The van der Waals surface area contributed by atoms with Crippen molar-refractivity contribution in [3.63, 3.8) is 0 Å². The lowest BCUT2D eigenvalue weighted by Crippen LogP contribution is -2.40. The quantitative estimate of drug-likeness (QED) is 0.221. The van der Waals surface area contributed by atoms with Crippen LogP contribution in [0.2, 0.25) is 0 Å². The van der Waals surface area contributed by atoms with Gasteiger partial charge in [-0.05, 0) is 64.3 Å². The van der Waals surface area contributed by atoms with Crippen LogP contribution >= 0.6 is 24.0 Å². The molecule has 0 bridgehead atoms. The van der Waals surface area contributed by atoms with Crippen molar-refractivity contribution >= 4 is 35.8 Å². The number of hydrogen-bond acceptors (Lipinski definition) is 4. The van der Waals surface area contributed by atoms with Gasteiger partial charge in [0.25, 0.3) is 0 Å². The highest BCUT2D eigenvalue weighted by molar-refractivity contribution is 14.0. The normalized spacial score (nSPS) is 19.3. The van der Waals surface area contributed by atoms with Crippen LogP contribution in [0.3, 0.4) is 0 Å². The van der Waals surface area contributed by atoms with Crippen molar-refractivity contribution in [3.8, 4) is 0 Å². The van der Waals surface area contributed by atoms with Gasteiger partial charge in [0.05, 0.1) is 18.8 Å². The number of amides is 1. The van der Waals surface area contributed by atoms with E-state index in [0.29, 0.717) is 18.9 Å². The smallest absolute Gasteiger partial charge is 0.222 e. The fourth-order valence-corrected chi connectivity index (χ4v) is 4.19. The Hall–Kier alpha value is -1.29. The Balaban J connectivity index is 0.00000320. The molecule has 1 amide bonds. The molecule has 1 unspecified atom stereocenters. The summed E-state index contributed by atoms with van der Waals surface area (Å²) in [6, 6.07) is 4.20. The van der Waals surface area contributed by atoms with Gasteiger partial charge in [-0.3, -0.25) is 14.7 Å². The molecule has 3 rings (SSSR count). The lowest BCUT2D eigenvalue weighted by Gasteiger charge is -2.25. The maximum absolute atomic E-state index is 12.1. The molecule has 170 valence electrons. The standard InChI is InChI=1S/C22H37N5O2.HI/c1-2-23-22(24-12-9-16-27-15-5-3-4-11-21(27)28)25-18-19(20-10-8-17-29-20)26-13-6-7-14-26;/h8,10,17,19H,2-7,9,11-16,18H2,1H3,(H2,23,24,25);1H. The van der Waals surface area contributed by atoms with E-state index in [1.54, 1.807) is 6.26 Å². The van der Waals surface area contributed by atoms with E-state index in [0.717, 1.165) is 70.3 Å². The van der Waals surface area contributed by atoms with Crippen molar-refractivity contribution in [1.82, 2.24) is 20.4 Å². The second-order valence-electron chi connectivity index (χ2n) is 7.97. The molecule has 2 aliphatic heterocycles. The zero-order chi connectivity index (χ0) is 20.3. The number of aliphatic imine (C=N–C) groups is 1. The average molecular weight is 531 g/mol. The number of likely N-dealkylation sites (tertiary alicyclic amines) is 2. The molecule has 0 saturated carbocycles. The molecule has 0 spiro atoms. The van der Waals surface area contributed by atoms with Crippen LogP contribution in [0.15, 0.2) is 27.8 Å². The maximum Gasteiger partial charge on any atom is 0.222 e. The first kappa shape index (κ1) is 25.0. The van der Waals surface area contributed by atoms with Crippen LogP contribution in [0.25, 0.3) is 0 Å². The van der Waals surface area contributed by atoms with Gasteiger partial charge < -0.3 is 20.0 Å². The van der Waals surface area contributed by atoms with Crippen LogP contribution in [0.5, 0.6) is 0 Å². The molecule has 1 aromatic rings. The van der Waals surface area contributed by atoms with Crippen LogP contribution in [-0.4, -0.2) is 67.5 Å². The first-order valence-electron chi connectivity index (χ1n) is 11.4. The van der Waals surface area contributed by atoms with E-state index in [2.05, 4.69) is 28.5 Å². The fraction of sp³-hybridized carbons (Fsp3) is 0.727. The zero-order valence-corrected chi connectivity index (χ0v) is 20.6. The summed E-state index contributed by atoms with van der Waals surface area (Å²) >= 11 is 0. The van der Waals surface area contributed by atoms with Crippen molar-refractivity contribution in [2.75, 3.05) is 45.8 Å². The number of furan rings is 1. The highest BCUT2D eigenvalue weighted by atomic mass is 127. The lowest BCUT2D eigenvalue weighted by molar-refractivity contribution is -0.130. The van der Waals surface area contributed by atoms with Gasteiger partial charge in [0.15, 0.2) is 5.96 Å². The Kier molecular flexibility index (Phi) is 11.6. The Morgan fingerprint density at radius 1 is 1.17 bits per heavy atom. The van der Waals surface area contributed by atoms with Crippen molar-refractivity contribution in [3.05, 3.63) is 24.2 Å². The van der Waals surface area contributed by atoms with Gasteiger partial charge in [-0.2, -0.15) is 0 Å². The van der Waals surface area contributed by atoms with Crippen LogP contribution in [-0.2, 0) is 4.79 Å². The molecule has 0 aromatic carbocycles. The minimum absolute atomic E-state index is 0. The second kappa shape index (κ2) is 13.9. The summed E-state index contributed by atoms with van der Waals surface area (Å²) in [7, 11) is 0. The molecular formula is C22H38IN5O2. The number of guanidine groups is 1. The number of nitrogens with zero attached hydrogens (tertiary/aromatic N) is 3. The highest BCUT2D eigenvalue weighted by Crippen LogP contribution is 2.25. The molecule has 8 heteroatoms. The molecule has 0 radical (unpaired) electrons. The Morgan fingerprint density at radius 3 is 2.70 bits per heavy atom. The molecule has 0 aliphatic carbocycles. The van der Waals surface area contributed by atoms with Crippen LogP contribution < -0.4 is 10.6 Å². The fourth-order valence-electron chi connectivity index (χ4n) is 4.19. The molecule has 2 N–H and O–H groups in total. The number of carbonyl (C=O) groups is 1. The molecule has 1 atom stereocenters. The van der Waals surface area contributed by atoms with Gasteiger partial charge in [0, 0.05) is 32.6 Å². The first-order valence-corrected chi connectivity index (χ1v) is 11.4. The molecule has 3 heterocycles. The Morgan fingerprint density at radius 2 is 1.97 bits per heavy atom. The SMILES string of the molecule is CCNC(=NCC(c1ccco1)N1CCCC1)NCCCN1CCCCCC1=O.I. The van der Waals surface area contributed by atoms with Crippen molar-refractivity contribution in [2.45, 2.75) is 57.9 Å². The third-order valence-corrected chi connectivity index (χ3v) is 5.79. The van der Waals surface area contributed by atoms with Crippen molar-refractivity contribution < 1.29 is 9.21 Å². The zero-order valence-electron chi connectivity index (χ0n) is 18.3. The summed E-state index contributed by atoms with van der Waals surface area (Å²) < 4.78 is 5.70. The van der Waals surface area contributed by atoms with Crippen LogP contribution in [0.4, 0.5) is 0 Å². The molecule has 2 saturated heterocycles. The van der Waals surface area contributed by atoms with Gasteiger partial charge in [-0.1, -0.05) is 6.42 Å². The van der Waals surface area contributed by atoms with E-state index in [-0.39, 0.29) is 30.0 Å².